The monoisotopic (exact) mass is 424 g/mol. The fourth-order valence-corrected chi connectivity index (χ4v) is 4.06. The molecule has 0 aliphatic rings. The maximum absolute atomic E-state index is 12.9. The Morgan fingerprint density at radius 3 is 2.37 bits per heavy atom. The van der Waals surface area contributed by atoms with E-state index in [0.29, 0.717) is 17.1 Å². The highest BCUT2D eigenvalue weighted by Gasteiger charge is 2.21. The number of nitrogens with zero attached hydrogens (tertiary/aromatic N) is 1. The molecular weight excluding hydrogens is 400 g/mol. The molecule has 7 heteroatoms. The Kier molecular flexibility index (Phi) is 6.42. The predicted molar refractivity (Wildman–Crippen MR) is 119 cm³/mol. The number of nitrogens with one attached hydrogen (secondary N) is 1. The topological polar surface area (TPSA) is 75.7 Å². The van der Waals surface area contributed by atoms with Crippen LogP contribution in [0.25, 0.3) is 0 Å². The summed E-state index contributed by atoms with van der Waals surface area (Å²) < 4.78 is 32.6. The van der Waals surface area contributed by atoms with E-state index in [9.17, 15) is 13.2 Å². The van der Waals surface area contributed by atoms with E-state index < -0.39 is 10.0 Å². The molecule has 1 N–H and O–H groups in total. The SMILES string of the molecule is Cc1ccc(OCC(=O)Nc2cccc(S(=O)(=O)N(C)c3ccccc3)c2)cc1C. The van der Waals surface area contributed by atoms with Gasteiger partial charge in [-0.2, -0.15) is 0 Å². The number of sulfonamides is 1. The molecule has 0 radical (unpaired) electrons. The van der Waals surface area contributed by atoms with Crippen molar-refractivity contribution in [2.45, 2.75) is 18.7 Å². The first kappa shape index (κ1) is 21.4. The maximum atomic E-state index is 12.9. The molecule has 0 unspecified atom stereocenters. The second kappa shape index (κ2) is 9.00. The van der Waals surface area contributed by atoms with E-state index in [-0.39, 0.29) is 17.4 Å². The number of carbonyl (C=O) groups excluding carboxylic acids is 1. The zero-order chi connectivity index (χ0) is 21.7. The first-order valence-corrected chi connectivity index (χ1v) is 10.9. The van der Waals surface area contributed by atoms with Crippen LogP contribution in [0.5, 0.6) is 5.75 Å². The van der Waals surface area contributed by atoms with Gasteiger partial charge in [0.2, 0.25) is 0 Å². The van der Waals surface area contributed by atoms with Gasteiger partial charge >= 0.3 is 0 Å². The van der Waals surface area contributed by atoms with Gasteiger partial charge in [-0.05, 0) is 67.4 Å². The summed E-state index contributed by atoms with van der Waals surface area (Å²) in [4.78, 5) is 12.3. The van der Waals surface area contributed by atoms with Crippen LogP contribution in [0.15, 0.2) is 77.7 Å². The zero-order valence-electron chi connectivity index (χ0n) is 17.1. The van der Waals surface area contributed by atoms with Crippen molar-refractivity contribution in [3.05, 3.63) is 83.9 Å². The Hall–Kier alpha value is -3.32. The molecule has 0 saturated carbocycles. The van der Waals surface area contributed by atoms with Crippen LogP contribution < -0.4 is 14.4 Å². The number of aryl methyl sites for hydroxylation is 2. The smallest absolute Gasteiger partial charge is 0.264 e. The highest BCUT2D eigenvalue weighted by Crippen LogP contribution is 2.23. The third-order valence-electron chi connectivity index (χ3n) is 4.74. The van der Waals surface area contributed by atoms with Crippen molar-refractivity contribution < 1.29 is 17.9 Å². The van der Waals surface area contributed by atoms with Crippen LogP contribution in [0.1, 0.15) is 11.1 Å². The molecule has 0 atom stereocenters. The van der Waals surface area contributed by atoms with E-state index in [2.05, 4.69) is 5.32 Å². The van der Waals surface area contributed by atoms with Gasteiger partial charge in [-0.15, -0.1) is 0 Å². The third kappa shape index (κ3) is 4.99. The molecule has 30 heavy (non-hydrogen) atoms. The van der Waals surface area contributed by atoms with Gasteiger partial charge < -0.3 is 10.1 Å². The Labute approximate surface area is 177 Å². The predicted octanol–water partition coefficient (Wildman–Crippen LogP) is 4.15. The van der Waals surface area contributed by atoms with Crippen molar-refractivity contribution in [1.82, 2.24) is 0 Å². The second-order valence-corrected chi connectivity index (χ2v) is 8.89. The van der Waals surface area contributed by atoms with Crippen LogP contribution in [-0.4, -0.2) is 28.0 Å². The Morgan fingerprint density at radius 2 is 1.67 bits per heavy atom. The molecular formula is C23H24N2O4S. The number of amides is 1. The van der Waals surface area contributed by atoms with Gasteiger partial charge in [-0.3, -0.25) is 9.10 Å². The zero-order valence-corrected chi connectivity index (χ0v) is 17.9. The van der Waals surface area contributed by atoms with Gasteiger partial charge in [-0.1, -0.05) is 30.3 Å². The molecule has 0 aromatic heterocycles. The lowest BCUT2D eigenvalue weighted by Gasteiger charge is -2.20. The molecule has 3 rings (SSSR count). The number of ether oxygens (including phenoxy) is 1. The summed E-state index contributed by atoms with van der Waals surface area (Å²) in [5.41, 5.74) is 3.15. The molecule has 0 bridgehead atoms. The first-order chi connectivity index (χ1) is 14.3. The highest BCUT2D eigenvalue weighted by atomic mass is 32.2. The summed E-state index contributed by atoms with van der Waals surface area (Å²) in [6, 6.07) is 20.6. The van der Waals surface area contributed by atoms with Gasteiger partial charge in [0.05, 0.1) is 10.6 Å². The molecule has 0 heterocycles. The third-order valence-corrected chi connectivity index (χ3v) is 6.53. The molecule has 6 nitrogen and oxygen atoms in total. The van der Waals surface area contributed by atoms with Crippen LogP contribution in [0.4, 0.5) is 11.4 Å². The van der Waals surface area contributed by atoms with Crippen LogP contribution in [0, 0.1) is 13.8 Å². The highest BCUT2D eigenvalue weighted by molar-refractivity contribution is 7.92. The van der Waals surface area contributed by atoms with E-state index in [1.807, 2.05) is 38.1 Å². The van der Waals surface area contributed by atoms with E-state index in [0.717, 1.165) is 11.1 Å². The van der Waals surface area contributed by atoms with Crippen molar-refractivity contribution in [1.29, 1.82) is 0 Å². The standard InChI is InChI=1S/C23H24N2O4S/c1-17-12-13-21(14-18(17)2)29-16-23(26)24-19-8-7-11-22(15-19)30(27,28)25(3)20-9-5-4-6-10-20/h4-15H,16H2,1-3H3,(H,24,26). The van der Waals surface area contributed by atoms with E-state index in [1.165, 1.54) is 23.5 Å². The minimum Gasteiger partial charge on any atom is -0.484 e. The van der Waals surface area contributed by atoms with Crippen LogP contribution in [0.3, 0.4) is 0 Å². The number of carbonyl (C=O) groups is 1. The minimum atomic E-state index is -3.76. The molecule has 0 fully saturated rings. The lowest BCUT2D eigenvalue weighted by molar-refractivity contribution is -0.118. The summed E-state index contributed by atoms with van der Waals surface area (Å²) >= 11 is 0. The van der Waals surface area contributed by atoms with Gasteiger partial charge in [0, 0.05) is 12.7 Å². The number of benzene rings is 3. The van der Waals surface area contributed by atoms with E-state index in [1.54, 1.807) is 36.4 Å². The number of para-hydroxylation sites is 1. The van der Waals surface area contributed by atoms with Gasteiger partial charge in [0.1, 0.15) is 5.75 Å². The van der Waals surface area contributed by atoms with Crippen LogP contribution >= 0.6 is 0 Å². The lowest BCUT2D eigenvalue weighted by atomic mass is 10.1. The van der Waals surface area contributed by atoms with E-state index in [4.69, 9.17) is 4.74 Å². The summed E-state index contributed by atoms with van der Waals surface area (Å²) in [5.74, 6) is 0.230. The maximum Gasteiger partial charge on any atom is 0.264 e. The van der Waals surface area contributed by atoms with E-state index >= 15 is 0 Å². The summed E-state index contributed by atoms with van der Waals surface area (Å²) in [7, 11) is -2.27. The van der Waals surface area contributed by atoms with Gasteiger partial charge in [0.15, 0.2) is 6.61 Å². The van der Waals surface area contributed by atoms with Crippen molar-refractivity contribution in [3.8, 4) is 5.75 Å². The molecule has 3 aromatic carbocycles. The van der Waals surface area contributed by atoms with Crippen molar-refractivity contribution >= 4 is 27.3 Å². The van der Waals surface area contributed by atoms with Gasteiger partial charge in [-0.25, -0.2) is 8.42 Å². The fraction of sp³-hybridized carbons (Fsp3) is 0.174. The first-order valence-electron chi connectivity index (χ1n) is 9.41. The Balaban J connectivity index is 1.68. The van der Waals surface area contributed by atoms with Crippen LogP contribution in [-0.2, 0) is 14.8 Å². The summed E-state index contributed by atoms with van der Waals surface area (Å²) in [5, 5.41) is 2.68. The average Bonchev–Trinajstić information content (AvgIpc) is 2.75. The average molecular weight is 425 g/mol. The second-order valence-electron chi connectivity index (χ2n) is 6.92. The lowest BCUT2D eigenvalue weighted by Crippen LogP contribution is -2.26. The minimum absolute atomic E-state index is 0.0849. The molecule has 0 saturated heterocycles. The fourth-order valence-electron chi connectivity index (χ4n) is 2.82. The quantitative estimate of drug-likeness (QED) is 0.618. The summed E-state index contributed by atoms with van der Waals surface area (Å²) in [6.45, 7) is 3.80. The molecule has 0 aliphatic heterocycles. The number of anilines is 2. The Bertz CT molecular complexity index is 1140. The van der Waals surface area contributed by atoms with Gasteiger partial charge in [0.25, 0.3) is 15.9 Å². The van der Waals surface area contributed by atoms with Crippen molar-refractivity contribution in [2.75, 3.05) is 23.3 Å². The molecule has 0 spiro atoms. The summed E-state index contributed by atoms with van der Waals surface area (Å²) in [6.07, 6.45) is 0. The molecule has 156 valence electrons. The molecule has 3 aromatic rings. The van der Waals surface area contributed by atoms with Crippen molar-refractivity contribution in [2.24, 2.45) is 0 Å². The normalized spacial score (nSPS) is 11.0. The molecule has 0 aliphatic carbocycles. The number of rotatable bonds is 7. The largest absolute Gasteiger partial charge is 0.484 e. The van der Waals surface area contributed by atoms with Crippen molar-refractivity contribution in [3.63, 3.8) is 0 Å². The Morgan fingerprint density at radius 1 is 0.933 bits per heavy atom. The number of hydrogen-bond donors (Lipinski definition) is 1. The van der Waals surface area contributed by atoms with Crippen LogP contribution in [0.2, 0.25) is 0 Å². The molecule has 1 amide bonds. The number of hydrogen-bond acceptors (Lipinski definition) is 4.